The summed E-state index contributed by atoms with van der Waals surface area (Å²) in [4.78, 5) is 0. The van der Waals surface area contributed by atoms with Gasteiger partial charge in [-0.05, 0) is 11.6 Å². The smallest absolute Gasteiger partial charge is 0.137 e. The van der Waals surface area contributed by atoms with Gasteiger partial charge in [-0.25, -0.2) is 0 Å². The van der Waals surface area contributed by atoms with Gasteiger partial charge < -0.3 is 4.74 Å². The van der Waals surface area contributed by atoms with Crippen LogP contribution in [0.3, 0.4) is 0 Å². The highest BCUT2D eigenvalue weighted by Crippen LogP contribution is 2.21. The van der Waals surface area contributed by atoms with E-state index in [1.165, 1.54) is 0 Å². The summed E-state index contributed by atoms with van der Waals surface area (Å²) in [5.74, 6) is 1.26. The van der Waals surface area contributed by atoms with E-state index in [-0.39, 0.29) is 0 Å². The minimum absolute atomic E-state index is 0.563. The van der Waals surface area contributed by atoms with Gasteiger partial charge in [0, 0.05) is 5.75 Å². The molecule has 2 nitrogen and oxygen atoms in total. The summed E-state index contributed by atoms with van der Waals surface area (Å²) < 4.78 is 5.08. The van der Waals surface area contributed by atoms with Gasteiger partial charge >= 0.3 is 0 Å². The Morgan fingerprint density at radius 3 is 2.93 bits per heavy atom. The maximum atomic E-state index is 8.95. The van der Waals surface area contributed by atoms with E-state index in [9.17, 15) is 0 Å². The van der Waals surface area contributed by atoms with Crippen molar-refractivity contribution in [1.82, 2.24) is 0 Å². The van der Waals surface area contributed by atoms with Gasteiger partial charge in [0.05, 0.1) is 7.11 Å². The molecule has 1 aromatic carbocycles. The summed E-state index contributed by atoms with van der Waals surface area (Å²) in [5.41, 5.74) is 1.42. The molecule has 0 fully saturated rings. The van der Waals surface area contributed by atoms with Crippen LogP contribution in [0.25, 0.3) is 6.08 Å². The quantitative estimate of drug-likeness (QED) is 0.769. The van der Waals surface area contributed by atoms with Crippen molar-refractivity contribution in [3.63, 3.8) is 0 Å². The van der Waals surface area contributed by atoms with Crippen molar-refractivity contribution in [3.05, 3.63) is 35.4 Å². The van der Waals surface area contributed by atoms with E-state index in [1.54, 1.807) is 13.2 Å². The van der Waals surface area contributed by atoms with E-state index < -0.39 is 0 Å². The number of nitriles is 1. The Morgan fingerprint density at radius 1 is 1.57 bits per heavy atom. The summed E-state index contributed by atoms with van der Waals surface area (Å²) in [6.07, 6.45) is 3.76. The first kappa shape index (κ1) is 10.7. The number of hydrogen-bond donors (Lipinski definition) is 1. The molecule has 0 aliphatic carbocycles. The lowest BCUT2D eigenvalue weighted by molar-refractivity contribution is 0.413. The third kappa shape index (κ3) is 2.30. The van der Waals surface area contributed by atoms with Crippen molar-refractivity contribution in [2.75, 3.05) is 12.9 Å². The van der Waals surface area contributed by atoms with Crippen LogP contribution in [0.2, 0.25) is 0 Å². The van der Waals surface area contributed by atoms with Gasteiger partial charge in [-0.2, -0.15) is 17.9 Å². The van der Waals surface area contributed by atoms with Crippen molar-refractivity contribution >= 4 is 18.7 Å². The summed E-state index contributed by atoms with van der Waals surface area (Å²) >= 11 is 4.06. The molecule has 0 amide bonds. The molecule has 0 radical (unpaired) electrons. The Hall–Kier alpha value is -1.40. The lowest BCUT2D eigenvalue weighted by Crippen LogP contribution is -1.90. The average molecular weight is 205 g/mol. The van der Waals surface area contributed by atoms with Gasteiger partial charge in [0.25, 0.3) is 0 Å². The predicted octanol–water partition coefficient (Wildman–Crippen LogP) is 2.51. The van der Waals surface area contributed by atoms with E-state index in [4.69, 9.17) is 10.00 Å². The standard InChI is InChI=1S/C11H11NOS/c1-13-11-6-2-4-9(5-3-7-14)10(11)8-12/h2-6,14H,7H2,1H3. The number of thiol groups is 1. The van der Waals surface area contributed by atoms with E-state index in [0.717, 1.165) is 5.56 Å². The van der Waals surface area contributed by atoms with Crippen molar-refractivity contribution in [1.29, 1.82) is 5.26 Å². The highest BCUT2D eigenvalue weighted by atomic mass is 32.1. The van der Waals surface area contributed by atoms with Crippen LogP contribution in [0.4, 0.5) is 0 Å². The maximum absolute atomic E-state index is 8.95. The minimum atomic E-state index is 0.563. The zero-order valence-electron chi connectivity index (χ0n) is 7.90. The number of hydrogen-bond acceptors (Lipinski definition) is 3. The van der Waals surface area contributed by atoms with Crippen molar-refractivity contribution in [2.24, 2.45) is 0 Å². The Labute approximate surface area is 89.2 Å². The average Bonchev–Trinajstić information content (AvgIpc) is 2.25. The number of benzene rings is 1. The molecule has 1 aromatic rings. The fourth-order valence-electron chi connectivity index (χ4n) is 1.16. The highest BCUT2D eigenvalue weighted by Gasteiger charge is 2.04. The predicted molar refractivity (Wildman–Crippen MR) is 60.6 cm³/mol. The third-order valence-corrected chi connectivity index (χ3v) is 2.00. The summed E-state index contributed by atoms with van der Waals surface area (Å²) in [7, 11) is 1.56. The van der Waals surface area contributed by atoms with Crippen molar-refractivity contribution < 1.29 is 4.74 Å². The van der Waals surface area contributed by atoms with Gasteiger partial charge in [-0.15, -0.1) is 0 Å². The minimum Gasteiger partial charge on any atom is -0.495 e. The van der Waals surface area contributed by atoms with Crippen LogP contribution >= 0.6 is 12.6 Å². The van der Waals surface area contributed by atoms with E-state index in [1.807, 2.05) is 24.3 Å². The lowest BCUT2D eigenvalue weighted by Gasteiger charge is -2.04. The number of ether oxygens (including phenoxy) is 1. The summed E-state index contributed by atoms with van der Waals surface area (Å²) in [6.45, 7) is 0. The topological polar surface area (TPSA) is 33.0 Å². The first-order chi connectivity index (χ1) is 6.83. The van der Waals surface area contributed by atoms with Crippen LogP contribution in [0.5, 0.6) is 5.75 Å². The van der Waals surface area contributed by atoms with Crippen molar-refractivity contribution in [2.45, 2.75) is 0 Å². The molecule has 0 N–H and O–H groups in total. The zero-order valence-corrected chi connectivity index (χ0v) is 8.79. The molecule has 0 saturated carbocycles. The first-order valence-electron chi connectivity index (χ1n) is 4.18. The molecule has 0 aliphatic heterocycles. The molecule has 0 bridgehead atoms. The maximum Gasteiger partial charge on any atom is 0.137 e. The highest BCUT2D eigenvalue weighted by molar-refractivity contribution is 7.80. The van der Waals surface area contributed by atoms with E-state index >= 15 is 0 Å². The molecule has 0 aromatic heterocycles. The molecule has 0 unspecified atom stereocenters. The summed E-state index contributed by atoms with van der Waals surface area (Å²) in [5, 5.41) is 8.95. The Balaban J connectivity index is 3.17. The zero-order chi connectivity index (χ0) is 10.4. The molecule has 0 spiro atoms. The van der Waals surface area contributed by atoms with Crippen molar-refractivity contribution in [3.8, 4) is 11.8 Å². The van der Waals surface area contributed by atoms with E-state index in [0.29, 0.717) is 17.1 Å². The van der Waals surface area contributed by atoms with E-state index in [2.05, 4.69) is 18.7 Å². The molecule has 72 valence electrons. The second-order valence-corrected chi connectivity index (χ2v) is 2.99. The van der Waals surface area contributed by atoms with Gasteiger partial charge in [0.15, 0.2) is 0 Å². The van der Waals surface area contributed by atoms with Gasteiger partial charge in [0.1, 0.15) is 17.4 Å². The molecule has 0 heterocycles. The van der Waals surface area contributed by atoms with Crippen LogP contribution in [0.1, 0.15) is 11.1 Å². The molecular weight excluding hydrogens is 194 g/mol. The fourth-order valence-corrected chi connectivity index (χ4v) is 1.26. The largest absolute Gasteiger partial charge is 0.495 e. The summed E-state index contributed by atoms with van der Waals surface area (Å²) in [6, 6.07) is 7.63. The Morgan fingerprint density at radius 2 is 2.36 bits per heavy atom. The normalized spacial score (nSPS) is 10.1. The van der Waals surface area contributed by atoms with Crippen LogP contribution in [0, 0.1) is 11.3 Å². The monoisotopic (exact) mass is 205 g/mol. The van der Waals surface area contributed by atoms with Gasteiger partial charge in [-0.1, -0.05) is 24.3 Å². The molecule has 0 aliphatic rings. The second-order valence-electron chi connectivity index (χ2n) is 2.62. The second kappa shape index (κ2) is 5.36. The molecular formula is C11H11NOS. The molecule has 0 saturated heterocycles. The van der Waals surface area contributed by atoms with Gasteiger partial charge in [-0.3, -0.25) is 0 Å². The van der Waals surface area contributed by atoms with Crippen LogP contribution in [-0.2, 0) is 0 Å². The molecule has 14 heavy (non-hydrogen) atoms. The molecule has 3 heteroatoms. The third-order valence-electron chi connectivity index (χ3n) is 1.79. The number of rotatable bonds is 3. The fraction of sp³-hybridized carbons (Fsp3) is 0.182. The van der Waals surface area contributed by atoms with Crippen LogP contribution < -0.4 is 4.74 Å². The molecule has 0 atom stereocenters. The number of methoxy groups -OCH3 is 1. The Bertz CT molecular complexity index is 379. The lowest BCUT2D eigenvalue weighted by atomic mass is 10.1. The van der Waals surface area contributed by atoms with Crippen LogP contribution in [-0.4, -0.2) is 12.9 Å². The van der Waals surface area contributed by atoms with Crippen LogP contribution in [0.15, 0.2) is 24.3 Å². The number of nitrogens with zero attached hydrogens (tertiary/aromatic N) is 1. The first-order valence-corrected chi connectivity index (χ1v) is 4.81. The SMILES string of the molecule is COc1cccc(C=CCS)c1C#N. The Kier molecular flexibility index (Phi) is 4.09. The molecule has 1 rings (SSSR count). The van der Waals surface area contributed by atoms with Gasteiger partial charge in [0.2, 0.25) is 0 Å².